The van der Waals surface area contributed by atoms with Crippen LogP contribution < -0.4 is 15.0 Å². The third kappa shape index (κ3) is 7.03. The van der Waals surface area contributed by atoms with Crippen molar-refractivity contribution in [2.45, 2.75) is 57.3 Å². The number of rotatable bonds is 7. The molecule has 0 unspecified atom stereocenters. The molecule has 1 saturated heterocycles. The number of halogens is 3. The van der Waals surface area contributed by atoms with Gasteiger partial charge in [0, 0.05) is 36.6 Å². The standard InChI is InChI=1S/C31H33F3N4O/c32-31(33,34)39-29-10-4-2-8-27(29)24-15-16-36-30(19-24)37-28-9-3-1-7-25(28)18-23-6-5-17-38(21-23)26-13-11-22(20-35)12-14-26/h2,4,8,10-16,19,23,25,28H,1,3,5-7,9,17-18,21H2,(H,36,37)/t23-,25+,28-/m1/s1. The van der Waals surface area contributed by atoms with Crippen LogP contribution in [-0.4, -0.2) is 30.5 Å². The van der Waals surface area contributed by atoms with E-state index in [1.54, 1.807) is 24.4 Å². The topological polar surface area (TPSA) is 61.2 Å². The number of nitrogens with zero attached hydrogens (tertiary/aromatic N) is 3. The Hall–Kier alpha value is -3.73. The van der Waals surface area contributed by atoms with E-state index in [0.717, 1.165) is 45.2 Å². The molecular weight excluding hydrogens is 501 g/mol. The first-order valence-electron chi connectivity index (χ1n) is 13.7. The van der Waals surface area contributed by atoms with E-state index in [-0.39, 0.29) is 11.8 Å². The molecule has 2 fully saturated rings. The van der Waals surface area contributed by atoms with Gasteiger partial charge in [-0.3, -0.25) is 0 Å². The minimum absolute atomic E-state index is 0.221. The summed E-state index contributed by atoms with van der Waals surface area (Å²) in [4.78, 5) is 6.94. The number of ether oxygens (including phenoxy) is 1. The maximum absolute atomic E-state index is 13.0. The van der Waals surface area contributed by atoms with Crippen molar-refractivity contribution in [3.8, 4) is 22.9 Å². The molecule has 1 saturated carbocycles. The zero-order valence-electron chi connectivity index (χ0n) is 21.8. The minimum Gasteiger partial charge on any atom is -0.405 e. The minimum atomic E-state index is -4.76. The largest absolute Gasteiger partial charge is 0.573 e. The van der Waals surface area contributed by atoms with E-state index in [0.29, 0.717) is 34.3 Å². The molecule has 1 aromatic heterocycles. The van der Waals surface area contributed by atoms with E-state index < -0.39 is 6.36 Å². The highest BCUT2D eigenvalue weighted by Gasteiger charge is 2.33. The Labute approximate surface area is 227 Å². The molecule has 8 heteroatoms. The van der Waals surface area contributed by atoms with Crippen LogP contribution in [0.2, 0.25) is 0 Å². The van der Waals surface area contributed by atoms with E-state index in [4.69, 9.17) is 5.26 Å². The van der Waals surface area contributed by atoms with Crippen molar-refractivity contribution in [3.05, 3.63) is 72.4 Å². The molecular formula is C31H33F3N4O. The lowest BCUT2D eigenvalue weighted by Crippen LogP contribution is -2.39. The van der Waals surface area contributed by atoms with Gasteiger partial charge >= 0.3 is 6.36 Å². The number of alkyl halides is 3. The van der Waals surface area contributed by atoms with E-state index in [1.807, 2.05) is 30.3 Å². The molecule has 204 valence electrons. The van der Waals surface area contributed by atoms with Crippen molar-refractivity contribution in [3.63, 3.8) is 0 Å². The van der Waals surface area contributed by atoms with Crippen LogP contribution in [0.5, 0.6) is 5.75 Å². The van der Waals surface area contributed by atoms with E-state index in [1.165, 1.54) is 30.7 Å². The highest BCUT2D eigenvalue weighted by Crippen LogP contribution is 2.37. The molecule has 0 amide bonds. The number of hydrogen-bond donors (Lipinski definition) is 1. The van der Waals surface area contributed by atoms with Crippen molar-refractivity contribution in [1.82, 2.24) is 4.98 Å². The van der Waals surface area contributed by atoms with Crippen LogP contribution in [0.4, 0.5) is 24.7 Å². The first-order valence-corrected chi connectivity index (χ1v) is 13.7. The summed E-state index contributed by atoms with van der Waals surface area (Å²) in [7, 11) is 0. The van der Waals surface area contributed by atoms with Crippen molar-refractivity contribution < 1.29 is 17.9 Å². The van der Waals surface area contributed by atoms with Crippen LogP contribution in [-0.2, 0) is 0 Å². The Kier molecular flexibility index (Phi) is 8.25. The average Bonchev–Trinajstić information content (AvgIpc) is 2.94. The molecule has 0 spiro atoms. The van der Waals surface area contributed by atoms with Gasteiger partial charge in [-0.05, 0) is 92.0 Å². The molecule has 0 radical (unpaired) electrons. The van der Waals surface area contributed by atoms with Gasteiger partial charge in [0.1, 0.15) is 11.6 Å². The second kappa shape index (κ2) is 12.0. The second-order valence-corrected chi connectivity index (χ2v) is 10.6. The Morgan fingerprint density at radius 2 is 1.79 bits per heavy atom. The predicted octanol–water partition coefficient (Wildman–Crippen LogP) is 7.80. The molecule has 1 N–H and O–H groups in total. The second-order valence-electron chi connectivity index (χ2n) is 10.6. The third-order valence-corrected chi connectivity index (χ3v) is 7.94. The summed E-state index contributed by atoms with van der Waals surface area (Å²) < 4.78 is 43.1. The van der Waals surface area contributed by atoms with Gasteiger partial charge in [-0.1, -0.05) is 31.0 Å². The lowest BCUT2D eigenvalue weighted by molar-refractivity contribution is -0.274. The number of benzene rings is 2. The molecule has 1 aliphatic heterocycles. The van der Waals surface area contributed by atoms with Crippen molar-refractivity contribution in [2.24, 2.45) is 11.8 Å². The molecule has 0 bridgehead atoms. The summed E-state index contributed by atoms with van der Waals surface area (Å²) in [5.74, 6) is 1.55. The van der Waals surface area contributed by atoms with Crippen molar-refractivity contribution >= 4 is 11.5 Å². The maximum Gasteiger partial charge on any atom is 0.573 e. The van der Waals surface area contributed by atoms with Crippen LogP contribution in [0.25, 0.3) is 11.1 Å². The third-order valence-electron chi connectivity index (χ3n) is 7.94. The van der Waals surface area contributed by atoms with Crippen LogP contribution in [0.3, 0.4) is 0 Å². The van der Waals surface area contributed by atoms with Gasteiger partial charge in [0.25, 0.3) is 0 Å². The molecule has 5 nitrogen and oxygen atoms in total. The fourth-order valence-corrected chi connectivity index (χ4v) is 6.13. The first kappa shape index (κ1) is 26.9. The predicted molar refractivity (Wildman–Crippen MR) is 146 cm³/mol. The van der Waals surface area contributed by atoms with Crippen molar-refractivity contribution in [2.75, 3.05) is 23.3 Å². The van der Waals surface area contributed by atoms with Gasteiger partial charge in [0.15, 0.2) is 0 Å². The Balaban J connectivity index is 1.26. The molecule has 2 aromatic carbocycles. The molecule has 5 rings (SSSR count). The summed E-state index contributed by atoms with van der Waals surface area (Å²) >= 11 is 0. The van der Waals surface area contributed by atoms with Gasteiger partial charge in [-0.2, -0.15) is 5.26 Å². The smallest absolute Gasteiger partial charge is 0.405 e. The van der Waals surface area contributed by atoms with Gasteiger partial charge in [-0.25, -0.2) is 4.98 Å². The number of para-hydroxylation sites is 1. The summed E-state index contributed by atoms with van der Waals surface area (Å²) in [6.45, 7) is 2.05. The van der Waals surface area contributed by atoms with Gasteiger partial charge in [0.2, 0.25) is 0 Å². The van der Waals surface area contributed by atoms with E-state index >= 15 is 0 Å². The quantitative estimate of drug-likeness (QED) is 0.335. The molecule has 3 atom stereocenters. The Morgan fingerprint density at radius 1 is 1.00 bits per heavy atom. The molecule has 3 aromatic rings. The highest BCUT2D eigenvalue weighted by molar-refractivity contribution is 5.72. The molecule has 39 heavy (non-hydrogen) atoms. The number of nitriles is 1. The lowest BCUT2D eigenvalue weighted by atomic mass is 9.77. The highest BCUT2D eigenvalue weighted by atomic mass is 19.4. The Bertz CT molecular complexity index is 1290. The lowest BCUT2D eigenvalue weighted by Gasteiger charge is -2.39. The summed E-state index contributed by atoms with van der Waals surface area (Å²) in [6.07, 6.45) is 4.95. The van der Waals surface area contributed by atoms with Crippen molar-refractivity contribution in [1.29, 1.82) is 5.26 Å². The normalized spacial score (nSPS) is 21.7. The zero-order chi connectivity index (χ0) is 27.2. The number of piperidine rings is 1. The first-order chi connectivity index (χ1) is 18.9. The summed E-state index contributed by atoms with van der Waals surface area (Å²) in [5.41, 5.74) is 2.86. The van der Waals surface area contributed by atoms with Gasteiger partial charge in [-0.15, -0.1) is 13.2 Å². The van der Waals surface area contributed by atoms with Crippen LogP contribution >= 0.6 is 0 Å². The Morgan fingerprint density at radius 3 is 2.59 bits per heavy atom. The van der Waals surface area contributed by atoms with E-state index in [2.05, 4.69) is 26.0 Å². The number of hydrogen-bond acceptors (Lipinski definition) is 5. The average molecular weight is 535 g/mol. The van der Waals surface area contributed by atoms with Gasteiger partial charge < -0.3 is 15.0 Å². The fourth-order valence-electron chi connectivity index (χ4n) is 6.13. The molecule has 2 heterocycles. The SMILES string of the molecule is N#Cc1ccc(N2CCC[C@H](C[C@@H]3CCCC[C@H]3Nc3cc(-c4ccccc4OC(F)(F)F)ccn3)C2)cc1. The maximum atomic E-state index is 13.0. The molecule has 1 aliphatic carbocycles. The fraction of sp³-hybridized carbons (Fsp3) is 0.419. The van der Waals surface area contributed by atoms with Crippen LogP contribution in [0, 0.1) is 23.2 Å². The van der Waals surface area contributed by atoms with Crippen LogP contribution in [0.1, 0.15) is 50.5 Å². The van der Waals surface area contributed by atoms with E-state index in [9.17, 15) is 13.2 Å². The van der Waals surface area contributed by atoms with Crippen LogP contribution in [0.15, 0.2) is 66.9 Å². The number of pyridine rings is 1. The number of anilines is 2. The molecule has 2 aliphatic rings. The monoisotopic (exact) mass is 534 g/mol. The number of aromatic nitrogens is 1. The summed E-state index contributed by atoms with van der Waals surface area (Å²) in [5, 5.41) is 12.7. The van der Waals surface area contributed by atoms with Gasteiger partial charge in [0.05, 0.1) is 11.6 Å². The number of nitrogens with one attached hydrogen (secondary N) is 1. The zero-order valence-corrected chi connectivity index (χ0v) is 21.8. The summed E-state index contributed by atoms with van der Waals surface area (Å²) in [6, 6.07) is 20.0.